The van der Waals surface area contributed by atoms with Gasteiger partial charge in [-0.25, -0.2) is 4.98 Å². The number of thiazole rings is 1. The molecule has 2 nitrogen and oxygen atoms in total. The van der Waals surface area contributed by atoms with E-state index >= 15 is 0 Å². The van der Waals surface area contributed by atoms with Gasteiger partial charge in [0.25, 0.3) is 0 Å². The maximum Gasteiger partial charge on any atom is 0.107 e. The summed E-state index contributed by atoms with van der Waals surface area (Å²) in [5.41, 5.74) is 7.98. The highest BCUT2D eigenvalue weighted by Crippen LogP contribution is 2.25. The van der Waals surface area contributed by atoms with Gasteiger partial charge in [-0.2, -0.15) is 0 Å². The van der Waals surface area contributed by atoms with E-state index in [0.717, 1.165) is 21.6 Å². The highest BCUT2D eigenvalue weighted by molar-refractivity contribution is 9.10. The normalized spacial score (nSPS) is 10.7. The third kappa shape index (κ3) is 2.51. The molecule has 0 spiro atoms. The summed E-state index contributed by atoms with van der Waals surface area (Å²) >= 11 is 5.27. The third-order valence-electron chi connectivity index (χ3n) is 2.42. The summed E-state index contributed by atoms with van der Waals surface area (Å²) in [6, 6.07) is 8.28. The number of halogens is 1. The van der Waals surface area contributed by atoms with Gasteiger partial charge < -0.3 is 5.73 Å². The van der Waals surface area contributed by atoms with Crippen LogP contribution in [0.5, 0.6) is 0 Å². The zero-order valence-corrected chi connectivity index (χ0v) is 11.4. The summed E-state index contributed by atoms with van der Waals surface area (Å²) in [4.78, 5) is 5.73. The molecule has 0 saturated carbocycles. The van der Waals surface area contributed by atoms with Crippen LogP contribution in [0.2, 0.25) is 0 Å². The van der Waals surface area contributed by atoms with Crippen molar-refractivity contribution in [1.82, 2.24) is 4.98 Å². The highest BCUT2D eigenvalue weighted by Gasteiger charge is 2.08. The summed E-state index contributed by atoms with van der Waals surface area (Å²) in [5.74, 6) is 0. The van der Waals surface area contributed by atoms with Gasteiger partial charge in [-0.05, 0) is 18.6 Å². The maximum absolute atomic E-state index is 5.59. The van der Waals surface area contributed by atoms with Crippen LogP contribution in [0.25, 0.3) is 0 Å². The van der Waals surface area contributed by atoms with Crippen LogP contribution in [0.4, 0.5) is 0 Å². The zero-order valence-electron chi connectivity index (χ0n) is 9.03. The second-order valence-corrected chi connectivity index (χ2v) is 5.61. The number of nitrogens with two attached hydrogens (primary N) is 1. The molecule has 0 aliphatic rings. The minimum absolute atomic E-state index is 0.529. The molecule has 0 saturated heterocycles. The summed E-state index contributed by atoms with van der Waals surface area (Å²) < 4.78 is 1.15. The molecule has 1 heterocycles. The molecule has 2 aromatic rings. The van der Waals surface area contributed by atoms with Gasteiger partial charge in [0.2, 0.25) is 0 Å². The molecule has 0 unspecified atom stereocenters. The topological polar surface area (TPSA) is 38.9 Å². The molecule has 0 radical (unpaired) electrons. The minimum atomic E-state index is 0.529. The van der Waals surface area contributed by atoms with Crippen molar-refractivity contribution < 1.29 is 0 Å². The fraction of sp³-hybridized carbons (Fsp3) is 0.250. The fourth-order valence-corrected chi connectivity index (χ4v) is 2.95. The Morgan fingerprint density at radius 1 is 1.38 bits per heavy atom. The molecule has 2 N–H and O–H groups in total. The van der Waals surface area contributed by atoms with E-state index < -0.39 is 0 Å². The molecule has 16 heavy (non-hydrogen) atoms. The van der Waals surface area contributed by atoms with Crippen LogP contribution in [0, 0.1) is 6.92 Å². The standard InChI is InChI=1S/C12H13BrN2S/c1-8-11(16-12(7-14)15-8)6-9-4-2-3-5-10(9)13/h2-5H,6-7,14H2,1H3. The van der Waals surface area contributed by atoms with Crippen LogP contribution in [-0.2, 0) is 13.0 Å². The lowest BCUT2D eigenvalue weighted by atomic mass is 10.1. The molecule has 0 bridgehead atoms. The predicted molar refractivity (Wildman–Crippen MR) is 71.7 cm³/mol. The average Bonchev–Trinajstić information content (AvgIpc) is 2.63. The van der Waals surface area contributed by atoms with Crippen molar-refractivity contribution in [2.24, 2.45) is 5.73 Å². The van der Waals surface area contributed by atoms with Gasteiger partial charge in [0.15, 0.2) is 0 Å². The van der Waals surface area contributed by atoms with Gasteiger partial charge in [0.05, 0.1) is 5.69 Å². The van der Waals surface area contributed by atoms with Crippen LogP contribution in [-0.4, -0.2) is 4.98 Å². The lowest BCUT2D eigenvalue weighted by Gasteiger charge is -2.02. The van der Waals surface area contributed by atoms with Crippen molar-refractivity contribution in [3.05, 3.63) is 49.9 Å². The molecule has 1 aromatic carbocycles. The number of hydrogen-bond acceptors (Lipinski definition) is 3. The highest BCUT2D eigenvalue weighted by atomic mass is 79.9. The molecule has 0 fully saturated rings. The molecule has 2 rings (SSSR count). The molecule has 0 atom stereocenters. The molecular weight excluding hydrogens is 284 g/mol. The lowest BCUT2D eigenvalue weighted by molar-refractivity contribution is 1.01. The van der Waals surface area contributed by atoms with E-state index in [0.29, 0.717) is 6.54 Å². The minimum Gasteiger partial charge on any atom is -0.325 e. The average molecular weight is 297 g/mol. The Labute approximate surface area is 108 Å². The molecule has 4 heteroatoms. The van der Waals surface area contributed by atoms with E-state index in [2.05, 4.69) is 39.1 Å². The molecule has 84 valence electrons. The Hall–Kier alpha value is -0.710. The SMILES string of the molecule is Cc1nc(CN)sc1Cc1ccccc1Br. The van der Waals surface area contributed by atoms with E-state index in [-0.39, 0.29) is 0 Å². The number of aryl methyl sites for hydroxylation is 1. The van der Waals surface area contributed by atoms with E-state index in [9.17, 15) is 0 Å². The Bertz CT molecular complexity index is 494. The van der Waals surface area contributed by atoms with Crippen molar-refractivity contribution in [1.29, 1.82) is 0 Å². The van der Waals surface area contributed by atoms with Crippen molar-refractivity contribution >= 4 is 27.3 Å². The van der Waals surface area contributed by atoms with Crippen molar-refractivity contribution in [2.45, 2.75) is 19.9 Å². The van der Waals surface area contributed by atoms with Crippen molar-refractivity contribution in [3.63, 3.8) is 0 Å². The number of benzene rings is 1. The molecule has 0 aliphatic heterocycles. The van der Waals surface area contributed by atoms with E-state index in [1.54, 1.807) is 11.3 Å². The maximum atomic E-state index is 5.59. The van der Waals surface area contributed by atoms with Crippen molar-refractivity contribution in [2.75, 3.05) is 0 Å². The first-order chi connectivity index (χ1) is 7.70. The summed E-state index contributed by atoms with van der Waals surface area (Å²) in [6.45, 7) is 2.57. The van der Waals surface area contributed by atoms with Gasteiger partial charge in [0, 0.05) is 22.3 Å². The second kappa shape index (κ2) is 5.08. The van der Waals surface area contributed by atoms with Gasteiger partial charge >= 0.3 is 0 Å². The monoisotopic (exact) mass is 296 g/mol. The lowest BCUT2D eigenvalue weighted by Crippen LogP contribution is -1.94. The van der Waals surface area contributed by atoms with Crippen LogP contribution in [0.15, 0.2) is 28.7 Å². The van der Waals surface area contributed by atoms with Crippen LogP contribution < -0.4 is 5.73 Å². The van der Waals surface area contributed by atoms with E-state index in [1.807, 2.05) is 13.0 Å². The van der Waals surface area contributed by atoms with Crippen LogP contribution in [0.1, 0.15) is 21.1 Å². The summed E-state index contributed by atoms with van der Waals surface area (Å²) in [6.07, 6.45) is 0.922. The molecule has 1 aromatic heterocycles. The Morgan fingerprint density at radius 2 is 2.12 bits per heavy atom. The fourth-order valence-electron chi connectivity index (χ4n) is 1.55. The Morgan fingerprint density at radius 3 is 2.75 bits per heavy atom. The summed E-state index contributed by atoms with van der Waals surface area (Å²) in [7, 11) is 0. The number of rotatable bonds is 3. The van der Waals surface area contributed by atoms with Crippen molar-refractivity contribution in [3.8, 4) is 0 Å². The first kappa shape index (κ1) is 11.8. The predicted octanol–water partition coefficient (Wildman–Crippen LogP) is 3.26. The van der Waals surface area contributed by atoms with Gasteiger partial charge in [-0.15, -0.1) is 11.3 Å². The number of nitrogens with zero attached hydrogens (tertiary/aromatic N) is 1. The first-order valence-electron chi connectivity index (χ1n) is 5.09. The largest absolute Gasteiger partial charge is 0.325 e. The molecule has 0 aliphatic carbocycles. The quantitative estimate of drug-likeness (QED) is 0.944. The third-order valence-corrected chi connectivity index (χ3v) is 4.37. The van der Waals surface area contributed by atoms with E-state index in [4.69, 9.17) is 5.73 Å². The van der Waals surface area contributed by atoms with Crippen LogP contribution >= 0.6 is 27.3 Å². The van der Waals surface area contributed by atoms with Gasteiger partial charge in [0.1, 0.15) is 5.01 Å². The summed E-state index contributed by atoms with van der Waals surface area (Å²) in [5, 5.41) is 1.01. The van der Waals surface area contributed by atoms with E-state index in [1.165, 1.54) is 10.4 Å². The first-order valence-corrected chi connectivity index (χ1v) is 6.70. The zero-order chi connectivity index (χ0) is 11.5. The molecule has 0 amide bonds. The van der Waals surface area contributed by atoms with Gasteiger partial charge in [-0.1, -0.05) is 34.1 Å². The Balaban J connectivity index is 2.27. The number of hydrogen-bond donors (Lipinski definition) is 1. The molecular formula is C12H13BrN2S. The smallest absolute Gasteiger partial charge is 0.107 e. The second-order valence-electron chi connectivity index (χ2n) is 3.59. The van der Waals surface area contributed by atoms with Gasteiger partial charge in [-0.3, -0.25) is 0 Å². The van der Waals surface area contributed by atoms with Crippen LogP contribution in [0.3, 0.4) is 0 Å². The number of aromatic nitrogens is 1. The Kier molecular flexibility index (Phi) is 3.74.